The Morgan fingerprint density at radius 1 is 1.27 bits per heavy atom. The Kier molecular flexibility index (Phi) is 9.47. The third kappa shape index (κ3) is 6.07. The largest absolute Gasteiger partial charge is 0.370 e. The number of thioether (sulfide) groups is 1. The third-order valence-electron chi connectivity index (χ3n) is 4.79. The molecule has 130 valence electrons. The Balaban J connectivity index is 0.00000242. The number of halogens is 1. The summed E-state index contributed by atoms with van der Waals surface area (Å²) in [6, 6.07) is 0. The van der Waals surface area contributed by atoms with E-state index in [2.05, 4.69) is 40.8 Å². The van der Waals surface area contributed by atoms with E-state index in [4.69, 9.17) is 5.73 Å². The molecule has 2 aliphatic rings. The molecule has 0 aromatic heterocycles. The van der Waals surface area contributed by atoms with Crippen LogP contribution in [0.25, 0.3) is 0 Å². The van der Waals surface area contributed by atoms with Crippen LogP contribution in [0.15, 0.2) is 4.99 Å². The lowest BCUT2D eigenvalue weighted by Gasteiger charge is -2.42. The van der Waals surface area contributed by atoms with Crippen LogP contribution in [-0.4, -0.2) is 54.1 Å². The molecule has 6 heteroatoms. The normalized spacial score (nSPS) is 22.6. The molecule has 1 aliphatic carbocycles. The van der Waals surface area contributed by atoms with Crippen LogP contribution in [-0.2, 0) is 0 Å². The maximum Gasteiger partial charge on any atom is 0.188 e. The SMILES string of the molecule is CC(C)CCNC(N)=NCC1(N2CCSCC2)CCCC1.I. The minimum Gasteiger partial charge on any atom is -0.370 e. The Labute approximate surface area is 157 Å². The van der Waals surface area contributed by atoms with Gasteiger partial charge >= 0.3 is 0 Å². The molecule has 4 nitrogen and oxygen atoms in total. The molecule has 0 amide bonds. The first-order valence-corrected chi connectivity index (χ1v) is 9.64. The van der Waals surface area contributed by atoms with Gasteiger partial charge < -0.3 is 11.1 Å². The minimum atomic E-state index is 0. The highest BCUT2D eigenvalue weighted by atomic mass is 127. The van der Waals surface area contributed by atoms with Crippen molar-refractivity contribution in [3.63, 3.8) is 0 Å². The molecule has 2 fully saturated rings. The first kappa shape index (κ1) is 20.4. The lowest BCUT2D eigenvalue weighted by Crippen LogP contribution is -2.53. The van der Waals surface area contributed by atoms with Gasteiger partial charge in [-0.25, -0.2) is 0 Å². The first-order valence-electron chi connectivity index (χ1n) is 8.49. The number of nitrogens with zero attached hydrogens (tertiary/aromatic N) is 2. The van der Waals surface area contributed by atoms with Gasteiger partial charge in [-0.2, -0.15) is 11.8 Å². The van der Waals surface area contributed by atoms with Gasteiger partial charge in [-0.05, 0) is 25.2 Å². The number of aliphatic imine (C=N–C) groups is 1. The maximum atomic E-state index is 6.04. The summed E-state index contributed by atoms with van der Waals surface area (Å²) < 4.78 is 0. The van der Waals surface area contributed by atoms with Crippen LogP contribution in [0.3, 0.4) is 0 Å². The maximum absolute atomic E-state index is 6.04. The Bertz CT molecular complexity index is 337. The third-order valence-corrected chi connectivity index (χ3v) is 5.73. The van der Waals surface area contributed by atoms with E-state index in [1.807, 2.05) is 0 Å². The molecule has 0 spiro atoms. The van der Waals surface area contributed by atoms with Crippen molar-refractivity contribution in [2.24, 2.45) is 16.6 Å². The molecule has 1 aliphatic heterocycles. The van der Waals surface area contributed by atoms with Gasteiger partial charge in [-0.1, -0.05) is 26.7 Å². The summed E-state index contributed by atoms with van der Waals surface area (Å²) >= 11 is 2.08. The van der Waals surface area contributed by atoms with Crippen LogP contribution >= 0.6 is 35.7 Å². The highest BCUT2D eigenvalue weighted by Crippen LogP contribution is 2.36. The van der Waals surface area contributed by atoms with E-state index in [9.17, 15) is 0 Å². The van der Waals surface area contributed by atoms with Crippen molar-refractivity contribution in [3.05, 3.63) is 0 Å². The second-order valence-corrected chi connectivity index (χ2v) is 8.07. The Morgan fingerprint density at radius 2 is 1.91 bits per heavy atom. The summed E-state index contributed by atoms with van der Waals surface area (Å²) in [6.45, 7) is 8.72. The van der Waals surface area contributed by atoms with Gasteiger partial charge in [0.25, 0.3) is 0 Å². The smallest absolute Gasteiger partial charge is 0.188 e. The zero-order valence-electron chi connectivity index (χ0n) is 14.1. The molecular formula is C16H33IN4S. The Morgan fingerprint density at radius 3 is 2.50 bits per heavy atom. The van der Waals surface area contributed by atoms with Gasteiger partial charge in [0.2, 0.25) is 0 Å². The lowest BCUT2D eigenvalue weighted by molar-refractivity contribution is 0.112. The number of rotatable bonds is 6. The monoisotopic (exact) mass is 440 g/mol. The van der Waals surface area contributed by atoms with E-state index in [-0.39, 0.29) is 24.0 Å². The molecule has 0 atom stereocenters. The average molecular weight is 440 g/mol. The van der Waals surface area contributed by atoms with Gasteiger partial charge in [-0.15, -0.1) is 24.0 Å². The zero-order chi connectivity index (χ0) is 15.1. The number of nitrogens with two attached hydrogens (primary N) is 1. The Hall–Kier alpha value is 0.310. The lowest BCUT2D eigenvalue weighted by atomic mass is 9.95. The zero-order valence-corrected chi connectivity index (χ0v) is 17.3. The van der Waals surface area contributed by atoms with Crippen molar-refractivity contribution in [1.82, 2.24) is 10.2 Å². The molecule has 1 saturated carbocycles. The molecule has 22 heavy (non-hydrogen) atoms. The fraction of sp³-hybridized carbons (Fsp3) is 0.938. The summed E-state index contributed by atoms with van der Waals surface area (Å²) in [5, 5.41) is 3.26. The molecule has 0 aromatic carbocycles. The molecular weight excluding hydrogens is 407 g/mol. The highest BCUT2D eigenvalue weighted by Gasteiger charge is 2.39. The van der Waals surface area contributed by atoms with Gasteiger partial charge in [0, 0.05) is 36.7 Å². The van der Waals surface area contributed by atoms with Gasteiger partial charge in [0.1, 0.15) is 0 Å². The standard InChI is InChI=1S/C16H32N4S.HI/c1-14(2)5-8-18-15(17)19-13-16(6-3-4-7-16)20-9-11-21-12-10-20;/h14H,3-13H2,1-2H3,(H3,17,18,19);1H. The van der Waals surface area contributed by atoms with Crippen molar-refractivity contribution >= 4 is 41.7 Å². The van der Waals surface area contributed by atoms with Crippen LogP contribution in [0, 0.1) is 5.92 Å². The van der Waals surface area contributed by atoms with Crippen molar-refractivity contribution in [1.29, 1.82) is 0 Å². The summed E-state index contributed by atoms with van der Waals surface area (Å²) in [5.74, 6) is 3.88. The molecule has 3 N–H and O–H groups in total. The number of hydrogen-bond acceptors (Lipinski definition) is 3. The van der Waals surface area contributed by atoms with Crippen molar-refractivity contribution in [2.45, 2.75) is 51.5 Å². The van der Waals surface area contributed by atoms with Crippen molar-refractivity contribution < 1.29 is 0 Å². The molecule has 0 radical (unpaired) electrons. The number of guanidine groups is 1. The van der Waals surface area contributed by atoms with Crippen LogP contribution in [0.4, 0.5) is 0 Å². The molecule has 0 unspecified atom stereocenters. The van der Waals surface area contributed by atoms with Gasteiger partial charge in [-0.3, -0.25) is 9.89 Å². The minimum absolute atomic E-state index is 0. The van der Waals surface area contributed by atoms with Crippen LogP contribution in [0.1, 0.15) is 46.0 Å². The van der Waals surface area contributed by atoms with Crippen LogP contribution in [0.2, 0.25) is 0 Å². The fourth-order valence-corrected chi connectivity index (χ4v) is 4.33. The van der Waals surface area contributed by atoms with Crippen LogP contribution in [0.5, 0.6) is 0 Å². The van der Waals surface area contributed by atoms with E-state index >= 15 is 0 Å². The van der Waals surface area contributed by atoms with Crippen LogP contribution < -0.4 is 11.1 Å². The van der Waals surface area contributed by atoms with Crippen molar-refractivity contribution in [3.8, 4) is 0 Å². The van der Waals surface area contributed by atoms with E-state index in [0.29, 0.717) is 17.4 Å². The predicted molar refractivity (Wildman–Crippen MR) is 109 cm³/mol. The first-order chi connectivity index (χ1) is 10.1. The molecule has 0 bridgehead atoms. The molecule has 1 heterocycles. The number of nitrogens with one attached hydrogen (secondary N) is 1. The van der Waals surface area contributed by atoms with E-state index in [1.165, 1.54) is 50.3 Å². The van der Waals surface area contributed by atoms with E-state index in [1.54, 1.807) is 0 Å². The second kappa shape index (κ2) is 10.2. The van der Waals surface area contributed by atoms with Crippen molar-refractivity contribution in [2.75, 3.05) is 37.7 Å². The molecule has 0 aromatic rings. The average Bonchev–Trinajstić information content (AvgIpc) is 2.96. The second-order valence-electron chi connectivity index (χ2n) is 6.84. The molecule has 2 rings (SSSR count). The van der Waals surface area contributed by atoms with Gasteiger partial charge in [0.15, 0.2) is 5.96 Å². The fourth-order valence-electron chi connectivity index (χ4n) is 3.42. The molecule has 1 saturated heterocycles. The van der Waals surface area contributed by atoms with E-state index < -0.39 is 0 Å². The number of hydrogen-bond donors (Lipinski definition) is 2. The summed E-state index contributed by atoms with van der Waals surface area (Å²) in [5.41, 5.74) is 6.34. The summed E-state index contributed by atoms with van der Waals surface area (Å²) in [7, 11) is 0. The highest BCUT2D eigenvalue weighted by molar-refractivity contribution is 14.0. The summed E-state index contributed by atoms with van der Waals surface area (Å²) in [4.78, 5) is 7.38. The van der Waals surface area contributed by atoms with E-state index in [0.717, 1.165) is 19.5 Å². The predicted octanol–water partition coefficient (Wildman–Crippen LogP) is 2.92. The summed E-state index contributed by atoms with van der Waals surface area (Å²) in [6.07, 6.45) is 6.42. The van der Waals surface area contributed by atoms with Gasteiger partial charge in [0.05, 0.1) is 6.54 Å². The topological polar surface area (TPSA) is 53.6 Å². The quantitative estimate of drug-likeness (QED) is 0.379.